The molecule has 1 N–H and O–H groups in total. The molecule has 1 saturated heterocycles. The Kier molecular flexibility index (Phi) is 11.0. The first-order chi connectivity index (χ1) is 14.1. The first kappa shape index (κ1) is 23.6. The van der Waals surface area contributed by atoms with Crippen LogP contribution in [0.1, 0.15) is 45.4 Å². The molecule has 9 heteroatoms. The van der Waals surface area contributed by atoms with Gasteiger partial charge in [0.25, 0.3) is 0 Å². The molecular formula is C20H35N3O6. The normalized spacial score (nSPS) is 24.4. The van der Waals surface area contributed by atoms with E-state index in [1.807, 2.05) is 0 Å². The van der Waals surface area contributed by atoms with E-state index in [0.717, 1.165) is 32.1 Å². The Balaban J connectivity index is 1.81. The zero-order valence-electron chi connectivity index (χ0n) is 17.7. The lowest BCUT2D eigenvalue weighted by Crippen LogP contribution is -2.59. The predicted octanol–water partition coefficient (Wildman–Crippen LogP) is 1.56. The van der Waals surface area contributed by atoms with E-state index in [1.165, 1.54) is 7.11 Å². The van der Waals surface area contributed by atoms with E-state index in [-0.39, 0.29) is 31.0 Å². The van der Waals surface area contributed by atoms with Gasteiger partial charge in [-0.3, -0.25) is 4.79 Å². The SMILES string of the molecule is COCCOCO[C@@H]1[C@H](C)N[C@H](CCCCCC(=O)OC)C[C@@H]1On1ccnc1. The van der Waals surface area contributed by atoms with Crippen molar-refractivity contribution in [2.45, 2.75) is 69.7 Å². The van der Waals surface area contributed by atoms with E-state index in [0.29, 0.717) is 25.7 Å². The summed E-state index contributed by atoms with van der Waals surface area (Å²) in [7, 11) is 3.07. The van der Waals surface area contributed by atoms with Crippen LogP contribution in [0.25, 0.3) is 0 Å². The van der Waals surface area contributed by atoms with Gasteiger partial charge >= 0.3 is 5.97 Å². The van der Waals surface area contributed by atoms with Crippen LogP contribution in [0.5, 0.6) is 0 Å². The zero-order valence-corrected chi connectivity index (χ0v) is 17.7. The van der Waals surface area contributed by atoms with Gasteiger partial charge in [-0.05, 0) is 19.8 Å². The van der Waals surface area contributed by atoms with Crippen molar-refractivity contribution in [2.24, 2.45) is 0 Å². The minimum Gasteiger partial charge on any atom is -0.469 e. The number of nitrogens with one attached hydrogen (secondary N) is 1. The number of esters is 1. The second kappa shape index (κ2) is 13.5. The predicted molar refractivity (Wildman–Crippen MR) is 106 cm³/mol. The molecular weight excluding hydrogens is 378 g/mol. The smallest absolute Gasteiger partial charge is 0.305 e. The van der Waals surface area contributed by atoms with Crippen molar-refractivity contribution in [2.75, 3.05) is 34.2 Å². The molecule has 1 fully saturated rings. The van der Waals surface area contributed by atoms with Crippen molar-refractivity contribution >= 4 is 5.97 Å². The summed E-state index contributed by atoms with van der Waals surface area (Å²) in [5.74, 6) is -0.143. The fraction of sp³-hybridized carbons (Fsp3) is 0.800. The van der Waals surface area contributed by atoms with Crippen LogP contribution < -0.4 is 10.2 Å². The highest BCUT2D eigenvalue weighted by atomic mass is 16.7. The summed E-state index contributed by atoms with van der Waals surface area (Å²) in [5.41, 5.74) is 0. The first-order valence-corrected chi connectivity index (χ1v) is 10.3. The Morgan fingerprint density at radius 1 is 1.24 bits per heavy atom. The van der Waals surface area contributed by atoms with E-state index >= 15 is 0 Å². The number of piperidine rings is 1. The fourth-order valence-electron chi connectivity index (χ4n) is 3.56. The standard InChI is InChI=1S/C20H35N3O6/c1-16-20(28-15-27-12-11-25-2)18(29-23-10-9-21-14-23)13-17(22-16)7-5-4-6-8-19(24)26-3/h9-10,14,16-18,20,22H,4-8,11-13,15H2,1-3H3/t16-,17+,18-,20+/m0/s1. The van der Waals surface area contributed by atoms with Crippen molar-refractivity contribution < 1.29 is 28.6 Å². The third-order valence-electron chi connectivity index (χ3n) is 5.05. The lowest BCUT2D eigenvalue weighted by Gasteiger charge is -2.40. The molecule has 1 aliphatic rings. The number of carbonyl (C=O) groups excluding carboxylic acids is 1. The summed E-state index contributed by atoms with van der Waals surface area (Å²) in [6, 6.07) is 0.439. The van der Waals surface area contributed by atoms with Crippen LogP contribution in [-0.4, -0.2) is 74.2 Å². The van der Waals surface area contributed by atoms with Gasteiger partial charge in [0.05, 0.1) is 26.5 Å². The third kappa shape index (κ3) is 8.69. The highest BCUT2D eigenvalue weighted by molar-refractivity contribution is 5.68. The maximum Gasteiger partial charge on any atom is 0.305 e. The molecule has 2 heterocycles. The Hall–Kier alpha value is -1.68. The molecule has 2 rings (SSSR count). The Morgan fingerprint density at radius 2 is 2.10 bits per heavy atom. The molecule has 0 bridgehead atoms. The molecule has 166 valence electrons. The van der Waals surface area contributed by atoms with Crippen molar-refractivity contribution in [1.29, 1.82) is 0 Å². The lowest BCUT2D eigenvalue weighted by atomic mass is 9.90. The van der Waals surface area contributed by atoms with Crippen LogP contribution in [0.3, 0.4) is 0 Å². The third-order valence-corrected chi connectivity index (χ3v) is 5.05. The van der Waals surface area contributed by atoms with Crippen LogP contribution in [-0.2, 0) is 23.7 Å². The number of hydrogen-bond acceptors (Lipinski definition) is 8. The molecule has 0 amide bonds. The molecule has 0 aliphatic carbocycles. The summed E-state index contributed by atoms with van der Waals surface area (Å²) in [4.78, 5) is 21.4. The topological polar surface area (TPSA) is 93.1 Å². The Bertz CT molecular complexity index is 556. The second-order valence-corrected chi connectivity index (χ2v) is 7.28. The summed E-state index contributed by atoms with van der Waals surface area (Å²) in [6.45, 7) is 3.33. The highest BCUT2D eigenvalue weighted by Gasteiger charge is 2.38. The number of aromatic nitrogens is 2. The summed E-state index contributed by atoms with van der Waals surface area (Å²) < 4.78 is 22.7. The number of rotatable bonds is 14. The number of methoxy groups -OCH3 is 2. The van der Waals surface area contributed by atoms with Crippen molar-refractivity contribution in [3.8, 4) is 0 Å². The fourth-order valence-corrected chi connectivity index (χ4v) is 3.56. The van der Waals surface area contributed by atoms with Crippen LogP contribution in [0.2, 0.25) is 0 Å². The summed E-state index contributed by atoms with van der Waals surface area (Å²) in [5, 5.41) is 3.64. The van der Waals surface area contributed by atoms with Crippen molar-refractivity contribution in [1.82, 2.24) is 15.0 Å². The number of imidazole rings is 1. The van der Waals surface area contributed by atoms with E-state index in [9.17, 15) is 4.79 Å². The average molecular weight is 414 g/mol. The molecule has 1 aromatic heterocycles. The van der Waals surface area contributed by atoms with Crippen LogP contribution in [0, 0.1) is 0 Å². The van der Waals surface area contributed by atoms with Crippen LogP contribution in [0.4, 0.5) is 0 Å². The molecule has 9 nitrogen and oxygen atoms in total. The minimum absolute atomic E-state index is 0.114. The summed E-state index contributed by atoms with van der Waals surface area (Å²) >= 11 is 0. The molecule has 1 aromatic rings. The molecule has 0 radical (unpaired) electrons. The van der Waals surface area contributed by atoms with E-state index < -0.39 is 0 Å². The summed E-state index contributed by atoms with van der Waals surface area (Å²) in [6.07, 6.45) is 10.1. The van der Waals surface area contributed by atoms with E-state index in [4.69, 9.17) is 19.0 Å². The van der Waals surface area contributed by atoms with E-state index in [1.54, 1.807) is 30.6 Å². The number of nitrogens with zero attached hydrogens (tertiary/aromatic N) is 2. The van der Waals surface area contributed by atoms with Crippen molar-refractivity contribution in [3.63, 3.8) is 0 Å². The number of hydrogen-bond donors (Lipinski definition) is 1. The first-order valence-electron chi connectivity index (χ1n) is 10.3. The Morgan fingerprint density at radius 3 is 2.83 bits per heavy atom. The largest absolute Gasteiger partial charge is 0.469 e. The zero-order chi connectivity index (χ0) is 20.9. The molecule has 0 spiro atoms. The van der Waals surface area contributed by atoms with Gasteiger partial charge in [-0.1, -0.05) is 12.8 Å². The maximum absolute atomic E-state index is 11.2. The molecule has 0 saturated carbocycles. The maximum atomic E-state index is 11.2. The van der Waals surface area contributed by atoms with Crippen molar-refractivity contribution in [3.05, 3.63) is 18.7 Å². The highest BCUT2D eigenvalue weighted by Crippen LogP contribution is 2.22. The molecule has 1 aliphatic heterocycles. The number of carbonyl (C=O) groups is 1. The van der Waals surface area contributed by atoms with Gasteiger partial charge in [0.2, 0.25) is 0 Å². The monoisotopic (exact) mass is 413 g/mol. The molecule has 29 heavy (non-hydrogen) atoms. The molecule has 0 aromatic carbocycles. The van der Waals surface area contributed by atoms with Gasteiger partial charge in [-0.15, -0.1) is 0 Å². The number of unbranched alkanes of at least 4 members (excludes halogenated alkanes) is 2. The number of ether oxygens (including phenoxy) is 4. The molecule has 0 unspecified atom stereocenters. The van der Waals surface area contributed by atoms with Crippen LogP contribution >= 0.6 is 0 Å². The average Bonchev–Trinajstić information content (AvgIpc) is 3.22. The Labute approximate surface area is 173 Å². The van der Waals surface area contributed by atoms with Gasteiger partial charge < -0.3 is 29.1 Å². The quantitative estimate of drug-likeness (QED) is 0.279. The van der Waals surface area contributed by atoms with Gasteiger partial charge in [0.1, 0.15) is 19.2 Å². The van der Waals surface area contributed by atoms with Gasteiger partial charge in [-0.2, -0.15) is 4.73 Å². The van der Waals surface area contributed by atoms with Gasteiger partial charge in [0.15, 0.2) is 6.10 Å². The minimum atomic E-state index is -0.143. The second-order valence-electron chi connectivity index (χ2n) is 7.28. The van der Waals surface area contributed by atoms with Gasteiger partial charge in [-0.25, -0.2) is 4.98 Å². The lowest BCUT2D eigenvalue weighted by molar-refractivity contribution is -0.164. The van der Waals surface area contributed by atoms with E-state index in [2.05, 4.69) is 22.0 Å². The van der Waals surface area contributed by atoms with Gasteiger partial charge in [0, 0.05) is 38.2 Å². The molecule has 4 atom stereocenters. The van der Waals surface area contributed by atoms with Crippen LogP contribution in [0.15, 0.2) is 18.7 Å².